The van der Waals surface area contributed by atoms with Crippen LogP contribution in [-0.4, -0.2) is 4.98 Å². The van der Waals surface area contributed by atoms with Gasteiger partial charge in [-0.3, -0.25) is 0 Å². The quantitative estimate of drug-likeness (QED) is 0.667. The van der Waals surface area contributed by atoms with Gasteiger partial charge < -0.3 is 11.5 Å². The standard InChI is InChI=1S/C8H13N3/c1-2-3-6-5-11-8(10)4-7(6)9/h4-5H,2-3H2,1H3,(H4,9,10,11). The van der Waals surface area contributed by atoms with Crippen LogP contribution in [0, 0.1) is 0 Å². The zero-order chi connectivity index (χ0) is 8.27. The molecule has 3 heteroatoms. The molecule has 1 aromatic heterocycles. The summed E-state index contributed by atoms with van der Waals surface area (Å²) in [6, 6.07) is 1.70. The minimum absolute atomic E-state index is 0.488. The predicted octanol–water partition coefficient (Wildman–Crippen LogP) is 1.20. The van der Waals surface area contributed by atoms with E-state index in [1.165, 1.54) is 0 Å². The van der Waals surface area contributed by atoms with Crippen LogP contribution in [-0.2, 0) is 6.42 Å². The number of aromatic nitrogens is 1. The van der Waals surface area contributed by atoms with Gasteiger partial charge in [-0.25, -0.2) is 4.98 Å². The molecule has 0 aliphatic carbocycles. The van der Waals surface area contributed by atoms with E-state index < -0.39 is 0 Å². The van der Waals surface area contributed by atoms with Crippen molar-refractivity contribution in [3.05, 3.63) is 17.8 Å². The van der Waals surface area contributed by atoms with Gasteiger partial charge in [-0.2, -0.15) is 0 Å². The lowest BCUT2D eigenvalue weighted by Gasteiger charge is -2.02. The zero-order valence-electron chi connectivity index (χ0n) is 6.67. The van der Waals surface area contributed by atoms with Crippen molar-refractivity contribution in [3.63, 3.8) is 0 Å². The lowest BCUT2D eigenvalue weighted by atomic mass is 10.1. The predicted molar refractivity (Wildman–Crippen MR) is 47.1 cm³/mol. The van der Waals surface area contributed by atoms with Crippen molar-refractivity contribution >= 4 is 11.5 Å². The molecule has 0 fully saturated rings. The lowest BCUT2D eigenvalue weighted by molar-refractivity contribution is 0.917. The van der Waals surface area contributed by atoms with E-state index in [4.69, 9.17) is 11.5 Å². The van der Waals surface area contributed by atoms with Crippen molar-refractivity contribution in [2.45, 2.75) is 19.8 Å². The van der Waals surface area contributed by atoms with Crippen molar-refractivity contribution < 1.29 is 0 Å². The first-order valence-electron chi connectivity index (χ1n) is 3.74. The maximum absolute atomic E-state index is 5.69. The van der Waals surface area contributed by atoms with Crippen LogP contribution in [0.15, 0.2) is 12.3 Å². The minimum atomic E-state index is 0.488. The number of nitrogens with zero attached hydrogens (tertiary/aromatic N) is 1. The molecule has 0 unspecified atom stereocenters. The number of pyridine rings is 1. The van der Waals surface area contributed by atoms with Gasteiger partial charge >= 0.3 is 0 Å². The maximum atomic E-state index is 5.69. The summed E-state index contributed by atoms with van der Waals surface area (Å²) in [6.07, 6.45) is 3.79. The molecule has 0 saturated heterocycles. The molecule has 60 valence electrons. The Labute approximate surface area is 66.4 Å². The Hall–Kier alpha value is -1.25. The van der Waals surface area contributed by atoms with Crippen LogP contribution in [0.2, 0.25) is 0 Å². The van der Waals surface area contributed by atoms with E-state index in [2.05, 4.69) is 11.9 Å². The fourth-order valence-corrected chi connectivity index (χ4v) is 0.995. The van der Waals surface area contributed by atoms with Crippen LogP contribution >= 0.6 is 0 Å². The van der Waals surface area contributed by atoms with E-state index in [1.807, 2.05) is 0 Å². The highest BCUT2D eigenvalue weighted by molar-refractivity contribution is 5.52. The average molecular weight is 151 g/mol. The molecule has 1 heterocycles. The number of rotatable bonds is 2. The fraction of sp³-hybridized carbons (Fsp3) is 0.375. The summed E-state index contributed by atoms with van der Waals surface area (Å²) in [7, 11) is 0. The normalized spacial score (nSPS) is 9.91. The molecule has 0 atom stereocenters. The zero-order valence-corrected chi connectivity index (χ0v) is 6.67. The van der Waals surface area contributed by atoms with Crippen LogP contribution < -0.4 is 11.5 Å². The molecule has 0 bridgehead atoms. The van der Waals surface area contributed by atoms with Gasteiger partial charge in [0.25, 0.3) is 0 Å². The summed E-state index contributed by atoms with van der Waals surface area (Å²) in [5.41, 5.74) is 13.0. The minimum Gasteiger partial charge on any atom is -0.398 e. The topological polar surface area (TPSA) is 64.9 Å². The number of nitrogens with two attached hydrogens (primary N) is 2. The third-order valence-electron chi connectivity index (χ3n) is 1.56. The number of nitrogen functional groups attached to an aromatic ring is 2. The van der Waals surface area contributed by atoms with Crippen molar-refractivity contribution in [2.24, 2.45) is 0 Å². The number of anilines is 2. The van der Waals surface area contributed by atoms with Crippen molar-refractivity contribution in [2.75, 3.05) is 11.5 Å². The van der Waals surface area contributed by atoms with Gasteiger partial charge in [0.05, 0.1) is 0 Å². The van der Waals surface area contributed by atoms with Crippen LogP contribution in [0.1, 0.15) is 18.9 Å². The van der Waals surface area contributed by atoms with Crippen molar-refractivity contribution in [1.29, 1.82) is 0 Å². The van der Waals surface area contributed by atoms with Crippen LogP contribution in [0.5, 0.6) is 0 Å². The van der Waals surface area contributed by atoms with Crippen LogP contribution in [0.4, 0.5) is 11.5 Å². The molecule has 0 aliphatic heterocycles. The molecule has 4 N–H and O–H groups in total. The summed E-state index contributed by atoms with van der Waals surface area (Å²) in [6.45, 7) is 2.11. The Kier molecular flexibility index (Phi) is 2.31. The summed E-state index contributed by atoms with van der Waals surface area (Å²) >= 11 is 0. The van der Waals surface area contributed by atoms with Gasteiger partial charge in [0.1, 0.15) is 5.82 Å². The van der Waals surface area contributed by atoms with Gasteiger partial charge in [0, 0.05) is 18.0 Å². The lowest BCUT2D eigenvalue weighted by Crippen LogP contribution is -1.98. The Balaban J connectivity index is 2.90. The molecular weight excluding hydrogens is 138 g/mol. The molecule has 11 heavy (non-hydrogen) atoms. The second kappa shape index (κ2) is 3.23. The fourth-order valence-electron chi connectivity index (χ4n) is 0.995. The Bertz CT molecular complexity index is 245. The van der Waals surface area contributed by atoms with E-state index in [1.54, 1.807) is 12.3 Å². The molecule has 0 aliphatic rings. The molecule has 3 nitrogen and oxygen atoms in total. The van der Waals surface area contributed by atoms with Gasteiger partial charge in [0.2, 0.25) is 0 Å². The van der Waals surface area contributed by atoms with Gasteiger partial charge in [-0.05, 0) is 12.0 Å². The maximum Gasteiger partial charge on any atom is 0.125 e. The number of hydrogen-bond acceptors (Lipinski definition) is 3. The summed E-state index contributed by atoms with van der Waals surface area (Å²) in [5, 5.41) is 0. The molecule has 0 radical (unpaired) electrons. The third kappa shape index (κ3) is 1.83. The van der Waals surface area contributed by atoms with E-state index in [0.717, 1.165) is 24.1 Å². The smallest absolute Gasteiger partial charge is 0.125 e. The van der Waals surface area contributed by atoms with Crippen molar-refractivity contribution in [3.8, 4) is 0 Å². The monoisotopic (exact) mass is 151 g/mol. The first-order chi connectivity index (χ1) is 5.24. The largest absolute Gasteiger partial charge is 0.398 e. The highest BCUT2D eigenvalue weighted by atomic mass is 14.8. The average Bonchev–Trinajstić information content (AvgIpc) is 1.95. The highest BCUT2D eigenvalue weighted by Gasteiger charge is 1.97. The third-order valence-corrected chi connectivity index (χ3v) is 1.56. The Morgan fingerprint density at radius 2 is 2.18 bits per heavy atom. The van der Waals surface area contributed by atoms with Gasteiger partial charge in [-0.1, -0.05) is 13.3 Å². The molecule has 0 saturated carbocycles. The first kappa shape index (κ1) is 7.85. The summed E-state index contributed by atoms with van der Waals surface area (Å²) in [5.74, 6) is 0.488. The van der Waals surface area contributed by atoms with E-state index in [0.29, 0.717) is 5.82 Å². The molecular formula is C8H13N3. The Morgan fingerprint density at radius 1 is 1.45 bits per heavy atom. The molecule has 0 spiro atoms. The van der Waals surface area contributed by atoms with E-state index in [-0.39, 0.29) is 0 Å². The summed E-state index contributed by atoms with van der Waals surface area (Å²) in [4.78, 5) is 3.96. The van der Waals surface area contributed by atoms with E-state index >= 15 is 0 Å². The van der Waals surface area contributed by atoms with Gasteiger partial charge in [-0.15, -0.1) is 0 Å². The van der Waals surface area contributed by atoms with E-state index in [9.17, 15) is 0 Å². The summed E-state index contributed by atoms with van der Waals surface area (Å²) < 4.78 is 0. The van der Waals surface area contributed by atoms with Gasteiger partial charge in [0.15, 0.2) is 0 Å². The molecule has 1 aromatic rings. The highest BCUT2D eigenvalue weighted by Crippen LogP contribution is 2.14. The number of aryl methyl sites for hydroxylation is 1. The second-order valence-corrected chi connectivity index (χ2v) is 2.56. The Morgan fingerprint density at radius 3 is 2.73 bits per heavy atom. The number of hydrogen-bond donors (Lipinski definition) is 2. The van der Waals surface area contributed by atoms with Crippen LogP contribution in [0.25, 0.3) is 0 Å². The molecule has 0 amide bonds. The first-order valence-corrected chi connectivity index (χ1v) is 3.74. The second-order valence-electron chi connectivity index (χ2n) is 2.56. The molecule has 1 rings (SSSR count). The van der Waals surface area contributed by atoms with Crippen molar-refractivity contribution in [1.82, 2.24) is 4.98 Å². The molecule has 0 aromatic carbocycles. The van der Waals surface area contributed by atoms with Crippen LogP contribution in [0.3, 0.4) is 0 Å². The SMILES string of the molecule is CCCc1cnc(N)cc1N.